The summed E-state index contributed by atoms with van der Waals surface area (Å²) in [5, 5.41) is 6.76. The maximum absolute atomic E-state index is 4.54. The van der Waals surface area contributed by atoms with Gasteiger partial charge in [0.15, 0.2) is 5.96 Å². The van der Waals surface area contributed by atoms with Crippen molar-refractivity contribution in [2.24, 2.45) is 4.99 Å². The molecule has 0 aliphatic carbocycles. The molecule has 0 saturated carbocycles. The fourth-order valence-corrected chi connectivity index (χ4v) is 3.85. The summed E-state index contributed by atoms with van der Waals surface area (Å²) in [7, 11) is 1.81. The highest BCUT2D eigenvalue weighted by Gasteiger charge is 2.12. The van der Waals surface area contributed by atoms with Crippen LogP contribution in [0.15, 0.2) is 35.5 Å². The average molecular weight is 358 g/mol. The van der Waals surface area contributed by atoms with Crippen LogP contribution in [-0.2, 0) is 13.1 Å². The predicted octanol–water partition coefficient (Wildman–Crippen LogP) is 3.31. The zero-order chi connectivity index (χ0) is 17.5. The summed E-state index contributed by atoms with van der Waals surface area (Å²) in [5.41, 5.74) is 1.23. The number of anilines is 1. The SMILES string of the molecule is CN=C(NCc1ccnc(N2CCCCC2)c1)NCc1ccc(C)s1. The maximum atomic E-state index is 4.54. The molecule has 5 nitrogen and oxygen atoms in total. The van der Waals surface area contributed by atoms with Gasteiger partial charge in [0.25, 0.3) is 0 Å². The van der Waals surface area contributed by atoms with E-state index in [1.165, 1.54) is 34.6 Å². The minimum absolute atomic E-state index is 0.743. The number of nitrogens with one attached hydrogen (secondary N) is 2. The molecule has 0 radical (unpaired) electrons. The standard InChI is InChI=1S/C19H27N5S/c1-15-6-7-17(25-15)14-23-19(20-2)22-13-16-8-9-21-18(12-16)24-10-4-3-5-11-24/h6-9,12H,3-5,10-11,13-14H2,1-2H3,(H2,20,22,23). The van der Waals surface area contributed by atoms with Crippen LogP contribution in [0.25, 0.3) is 0 Å². The third-order valence-electron chi connectivity index (χ3n) is 4.40. The molecule has 0 spiro atoms. The van der Waals surface area contributed by atoms with Crippen molar-refractivity contribution in [1.29, 1.82) is 0 Å². The summed E-state index contributed by atoms with van der Waals surface area (Å²) >= 11 is 1.81. The van der Waals surface area contributed by atoms with E-state index in [2.05, 4.69) is 56.7 Å². The topological polar surface area (TPSA) is 52.6 Å². The molecule has 6 heteroatoms. The van der Waals surface area contributed by atoms with E-state index < -0.39 is 0 Å². The second kappa shape index (κ2) is 8.85. The first kappa shape index (κ1) is 17.7. The van der Waals surface area contributed by atoms with Crippen LogP contribution >= 0.6 is 11.3 Å². The van der Waals surface area contributed by atoms with Gasteiger partial charge in [0, 0.05) is 42.6 Å². The first-order valence-corrected chi connectivity index (χ1v) is 9.76. The number of nitrogens with zero attached hydrogens (tertiary/aromatic N) is 3. The Labute approximate surface area is 154 Å². The van der Waals surface area contributed by atoms with E-state index >= 15 is 0 Å². The van der Waals surface area contributed by atoms with Gasteiger partial charge in [-0.05, 0) is 56.0 Å². The van der Waals surface area contributed by atoms with Gasteiger partial charge < -0.3 is 15.5 Å². The van der Waals surface area contributed by atoms with Crippen molar-refractivity contribution >= 4 is 23.1 Å². The lowest BCUT2D eigenvalue weighted by Crippen LogP contribution is -2.36. The fourth-order valence-electron chi connectivity index (χ4n) is 3.02. The predicted molar refractivity (Wildman–Crippen MR) is 106 cm³/mol. The molecule has 2 aromatic heterocycles. The Morgan fingerprint density at radius 2 is 1.96 bits per heavy atom. The van der Waals surface area contributed by atoms with Crippen LogP contribution < -0.4 is 15.5 Å². The lowest BCUT2D eigenvalue weighted by atomic mass is 10.1. The van der Waals surface area contributed by atoms with Crippen molar-refractivity contribution in [2.45, 2.75) is 39.3 Å². The summed E-state index contributed by atoms with van der Waals surface area (Å²) in [5.74, 6) is 1.92. The second-order valence-corrected chi connectivity index (χ2v) is 7.73. The van der Waals surface area contributed by atoms with E-state index in [1.54, 1.807) is 7.05 Å². The normalized spacial score (nSPS) is 15.3. The van der Waals surface area contributed by atoms with Crippen LogP contribution in [-0.4, -0.2) is 31.1 Å². The van der Waals surface area contributed by atoms with E-state index in [9.17, 15) is 0 Å². The second-order valence-electron chi connectivity index (χ2n) is 6.36. The molecule has 2 N–H and O–H groups in total. The molecular weight excluding hydrogens is 330 g/mol. The lowest BCUT2D eigenvalue weighted by molar-refractivity contribution is 0.573. The third-order valence-corrected chi connectivity index (χ3v) is 5.40. The van der Waals surface area contributed by atoms with Crippen molar-refractivity contribution in [1.82, 2.24) is 15.6 Å². The molecule has 0 atom stereocenters. The van der Waals surface area contributed by atoms with Crippen LogP contribution in [0.4, 0.5) is 5.82 Å². The molecule has 0 amide bonds. The van der Waals surface area contributed by atoms with Crippen molar-refractivity contribution in [3.8, 4) is 0 Å². The number of hydrogen-bond acceptors (Lipinski definition) is 4. The molecular formula is C19H27N5S. The number of rotatable bonds is 5. The van der Waals surface area contributed by atoms with Crippen molar-refractivity contribution in [2.75, 3.05) is 25.0 Å². The molecule has 0 unspecified atom stereocenters. The van der Waals surface area contributed by atoms with Crippen LogP contribution in [0.1, 0.15) is 34.6 Å². The molecule has 25 heavy (non-hydrogen) atoms. The van der Waals surface area contributed by atoms with Crippen LogP contribution in [0, 0.1) is 6.92 Å². The van der Waals surface area contributed by atoms with Crippen LogP contribution in [0.2, 0.25) is 0 Å². The first-order valence-electron chi connectivity index (χ1n) is 8.94. The minimum atomic E-state index is 0.743. The van der Waals surface area contributed by atoms with Crippen molar-refractivity contribution in [3.05, 3.63) is 45.8 Å². The molecule has 2 aromatic rings. The Bertz CT molecular complexity index is 703. The van der Waals surface area contributed by atoms with E-state index in [4.69, 9.17) is 0 Å². The minimum Gasteiger partial charge on any atom is -0.357 e. The number of thiophene rings is 1. The Hall–Kier alpha value is -2.08. The van der Waals surface area contributed by atoms with Gasteiger partial charge in [0.05, 0.1) is 6.54 Å². The molecule has 1 aliphatic rings. The van der Waals surface area contributed by atoms with Gasteiger partial charge in [-0.25, -0.2) is 4.98 Å². The number of pyridine rings is 1. The average Bonchev–Trinajstić information content (AvgIpc) is 3.08. The van der Waals surface area contributed by atoms with Crippen LogP contribution in [0.5, 0.6) is 0 Å². The molecule has 3 heterocycles. The molecule has 1 saturated heterocycles. The zero-order valence-electron chi connectivity index (χ0n) is 15.1. The largest absolute Gasteiger partial charge is 0.357 e. The summed E-state index contributed by atoms with van der Waals surface area (Å²) < 4.78 is 0. The Balaban J connectivity index is 1.52. The first-order chi connectivity index (χ1) is 12.2. The van der Waals surface area contributed by atoms with Crippen LogP contribution in [0.3, 0.4) is 0 Å². The Morgan fingerprint density at radius 3 is 2.68 bits per heavy atom. The van der Waals surface area contributed by atoms with Gasteiger partial charge in [0.2, 0.25) is 0 Å². The molecule has 0 bridgehead atoms. The van der Waals surface area contributed by atoms with Gasteiger partial charge in [-0.1, -0.05) is 0 Å². The lowest BCUT2D eigenvalue weighted by Gasteiger charge is -2.28. The Kier molecular flexibility index (Phi) is 6.28. The van der Waals surface area contributed by atoms with E-state index in [1.807, 2.05) is 17.5 Å². The number of aliphatic imine (C=N–C) groups is 1. The summed E-state index contributed by atoms with van der Waals surface area (Å²) in [6, 6.07) is 8.57. The molecule has 1 fully saturated rings. The Morgan fingerprint density at radius 1 is 1.16 bits per heavy atom. The highest BCUT2D eigenvalue weighted by Crippen LogP contribution is 2.18. The molecule has 0 aromatic carbocycles. The van der Waals surface area contributed by atoms with Gasteiger partial charge in [-0.3, -0.25) is 4.99 Å². The van der Waals surface area contributed by atoms with Crippen molar-refractivity contribution in [3.63, 3.8) is 0 Å². The highest BCUT2D eigenvalue weighted by atomic mass is 32.1. The van der Waals surface area contributed by atoms with Crippen molar-refractivity contribution < 1.29 is 0 Å². The number of guanidine groups is 1. The number of hydrogen-bond donors (Lipinski definition) is 2. The summed E-state index contributed by atoms with van der Waals surface area (Å²) in [6.07, 6.45) is 5.78. The van der Waals surface area contributed by atoms with E-state index in [0.717, 1.165) is 38.0 Å². The number of aryl methyl sites for hydroxylation is 1. The number of piperidine rings is 1. The maximum Gasteiger partial charge on any atom is 0.191 e. The summed E-state index contributed by atoms with van der Waals surface area (Å²) in [4.78, 5) is 13.9. The van der Waals surface area contributed by atoms with E-state index in [0.29, 0.717) is 0 Å². The van der Waals surface area contributed by atoms with Gasteiger partial charge >= 0.3 is 0 Å². The molecule has 3 rings (SSSR count). The monoisotopic (exact) mass is 357 g/mol. The summed E-state index contributed by atoms with van der Waals surface area (Å²) in [6.45, 7) is 5.91. The molecule has 1 aliphatic heterocycles. The van der Waals surface area contributed by atoms with Gasteiger partial charge in [-0.15, -0.1) is 11.3 Å². The molecule has 134 valence electrons. The highest BCUT2D eigenvalue weighted by molar-refractivity contribution is 7.11. The third kappa shape index (κ3) is 5.19. The smallest absolute Gasteiger partial charge is 0.191 e. The number of aromatic nitrogens is 1. The van der Waals surface area contributed by atoms with Gasteiger partial charge in [0.1, 0.15) is 5.82 Å². The van der Waals surface area contributed by atoms with E-state index in [-0.39, 0.29) is 0 Å². The zero-order valence-corrected chi connectivity index (χ0v) is 15.9. The quantitative estimate of drug-likeness (QED) is 0.637. The fraction of sp³-hybridized carbons (Fsp3) is 0.474. The van der Waals surface area contributed by atoms with Gasteiger partial charge in [-0.2, -0.15) is 0 Å².